The van der Waals surface area contributed by atoms with E-state index in [9.17, 15) is 14.4 Å². The molecule has 0 heterocycles. The highest BCUT2D eigenvalue weighted by Crippen LogP contribution is 2.18. The summed E-state index contributed by atoms with van der Waals surface area (Å²) in [6, 6.07) is 0. The summed E-state index contributed by atoms with van der Waals surface area (Å²) in [5.74, 6) is 0.840. The molecule has 1 unspecified atom stereocenters. The van der Waals surface area contributed by atoms with Crippen molar-refractivity contribution in [3.8, 4) is 0 Å². The lowest BCUT2D eigenvalue weighted by Gasteiger charge is -2.18. The van der Waals surface area contributed by atoms with Crippen molar-refractivity contribution in [3.63, 3.8) is 0 Å². The maximum atomic E-state index is 12.8. The second kappa shape index (κ2) is 46.9. The SMILES string of the molecule is CCCCCCCCCCCCCCCCC(=O)OC[C@@H](COC(=O)CCCCCCCCCCC(C)CC)OC(=O)CCCCCCCCCCCCCCCC(C)C. The van der Waals surface area contributed by atoms with E-state index in [2.05, 4.69) is 34.6 Å². The molecule has 0 rings (SSSR count). The molecule has 6 heteroatoms. The third-order valence-electron chi connectivity index (χ3n) is 12.6. The molecular weight excluding hydrogens is 745 g/mol. The van der Waals surface area contributed by atoms with E-state index in [-0.39, 0.29) is 31.1 Å². The normalized spacial score (nSPS) is 12.5. The molecule has 0 saturated heterocycles. The van der Waals surface area contributed by atoms with Crippen molar-refractivity contribution in [2.24, 2.45) is 11.8 Å². The molecule has 0 aliphatic carbocycles. The van der Waals surface area contributed by atoms with E-state index in [0.29, 0.717) is 19.3 Å². The third-order valence-corrected chi connectivity index (χ3v) is 12.6. The van der Waals surface area contributed by atoms with Gasteiger partial charge in [0.05, 0.1) is 0 Å². The molecule has 0 aromatic heterocycles. The van der Waals surface area contributed by atoms with E-state index < -0.39 is 6.10 Å². The van der Waals surface area contributed by atoms with E-state index in [1.54, 1.807) is 0 Å². The van der Waals surface area contributed by atoms with Gasteiger partial charge in [0.15, 0.2) is 6.10 Å². The molecule has 356 valence electrons. The van der Waals surface area contributed by atoms with Gasteiger partial charge in [0.1, 0.15) is 13.2 Å². The molecule has 0 bridgehead atoms. The first kappa shape index (κ1) is 58.4. The minimum Gasteiger partial charge on any atom is -0.462 e. The Labute approximate surface area is 374 Å². The number of carbonyl (C=O) groups excluding carboxylic acids is 3. The van der Waals surface area contributed by atoms with Crippen molar-refractivity contribution >= 4 is 17.9 Å². The van der Waals surface area contributed by atoms with Gasteiger partial charge in [-0.15, -0.1) is 0 Å². The first-order valence-corrected chi connectivity index (χ1v) is 26.8. The number of ether oxygens (including phenoxy) is 3. The summed E-state index contributed by atoms with van der Waals surface area (Å²) < 4.78 is 16.8. The van der Waals surface area contributed by atoms with Gasteiger partial charge in [0, 0.05) is 19.3 Å². The zero-order valence-corrected chi connectivity index (χ0v) is 41.1. The highest BCUT2D eigenvalue weighted by Gasteiger charge is 2.19. The molecule has 0 amide bonds. The number of carbonyl (C=O) groups is 3. The van der Waals surface area contributed by atoms with Crippen molar-refractivity contribution in [2.45, 2.75) is 304 Å². The Morgan fingerprint density at radius 3 is 0.950 bits per heavy atom. The Morgan fingerprint density at radius 2 is 0.633 bits per heavy atom. The van der Waals surface area contributed by atoms with Crippen molar-refractivity contribution in [1.82, 2.24) is 0 Å². The van der Waals surface area contributed by atoms with Crippen LogP contribution >= 0.6 is 0 Å². The summed E-state index contributed by atoms with van der Waals surface area (Å²) in [6.07, 6.45) is 47.9. The zero-order valence-electron chi connectivity index (χ0n) is 41.1. The van der Waals surface area contributed by atoms with E-state index in [1.165, 1.54) is 186 Å². The Morgan fingerprint density at radius 1 is 0.350 bits per heavy atom. The van der Waals surface area contributed by atoms with Gasteiger partial charge >= 0.3 is 17.9 Å². The lowest BCUT2D eigenvalue weighted by Crippen LogP contribution is -2.30. The summed E-state index contributed by atoms with van der Waals surface area (Å²) in [5.41, 5.74) is 0. The monoisotopic (exact) mass is 849 g/mol. The second-order valence-electron chi connectivity index (χ2n) is 19.2. The second-order valence-corrected chi connectivity index (χ2v) is 19.2. The molecule has 2 atom stereocenters. The lowest BCUT2D eigenvalue weighted by atomic mass is 9.99. The van der Waals surface area contributed by atoms with Crippen LogP contribution in [-0.2, 0) is 28.6 Å². The standard InChI is InChI=1S/C54H104O6/c1-6-8-9-10-11-12-13-14-17-20-23-29-34-39-44-52(55)58-47-51(48-59-53(56)45-40-35-30-26-25-28-33-38-43-50(5)7-2)60-54(57)46-41-36-31-24-21-18-15-16-19-22-27-32-37-42-49(3)4/h49-51H,6-48H2,1-5H3/t50?,51-/m0/s1. The highest BCUT2D eigenvalue weighted by molar-refractivity contribution is 5.71. The van der Waals surface area contributed by atoms with Gasteiger partial charge in [-0.2, -0.15) is 0 Å². The van der Waals surface area contributed by atoms with Crippen LogP contribution in [-0.4, -0.2) is 37.2 Å². The number of rotatable bonds is 48. The van der Waals surface area contributed by atoms with Crippen LogP contribution in [0.25, 0.3) is 0 Å². The van der Waals surface area contributed by atoms with Gasteiger partial charge in [0.2, 0.25) is 0 Å². The van der Waals surface area contributed by atoms with Gasteiger partial charge in [-0.25, -0.2) is 0 Å². The fourth-order valence-corrected chi connectivity index (χ4v) is 8.13. The lowest BCUT2D eigenvalue weighted by molar-refractivity contribution is -0.167. The molecule has 0 aromatic rings. The molecule has 0 spiro atoms. The molecule has 0 aliphatic heterocycles. The number of hydrogen-bond donors (Lipinski definition) is 0. The van der Waals surface area contributed by atoms with Crippen LogP contribution < -0.4 is 0 Å². The van der Waals surface area contributed by atoms with Crippen LogP contribution in [0.4, 0.5) is 0 Å². The smallest absolute Gasteiger partial charge is 0.306 e. The Balaban J connectivity index is 4.32. The molecule has 60 heavy (non-hydrogen) atoms. The van der Waals surface area contributed by atoms with Crippen molar-refractivity contribution in [1.29, 1.82) is 0 Å². The number of unbranched alkanes of at least 4 members (excludes halogenated alkanes) is 32. The van der Waals surface area contributed by atoms with Crippen molar-refractivity contribution in [3.05, 3.63) is 0 Å². The summed E-state index contributed by atoms with van der Waals surface area (Å²) in [7, 11) is 0. The molecule has 0 fully saturated rings. The average molecular weight is 849 g/mol. The molecule has 0 radical (unpaired) electrons. The van der Waals surface area contributed by atoms with Crippen LogP contribution in [0.3, 0.4) is 0 Å². The van der Waals surface area contributed by atoms with Gasteiger partial charge in [-0.3, -0.25) is 14.4 Å². The Bertz CT molecular complexity index is 918. The van der Waals surface area contributed by atoms with Crippen molar-refractivity contribution < 1.29 is 28.6 Å². The largest absolute Gasteiger partial charge is 0.462 e. The number of esters is 3. The van der Waals surface area contributed by atoms with Gasteiger partial charge in [-0.1, -0.05) is 259 Å². The van der Waals surface area contributed by atoms with Crippen LogP contribution in [0.1, 0.15) is 298 Å². The van der Waals surface area contributed by atoms with Crippen LogP contribution in [0, 0.1) is 11.8 Å². The number of hydrogen-bond acceptors (Lipinski definition) is 6. The third kappa shape index (κ3) is 45.9. The summed E-state index contributed by atoms with van der Waals surface area (Å²) in [4.78, 5) is 38.0. The fourth-order valence-electron chi connectivity index (χ4n) is 8.13. The van der Waals surface area contributed by atoms with Gasteiger partial charge < -0.3 is 14.2 Å². The molecular formula is C54H104O6. The topological polar surface area (TPSA) is 78.9 Å². The van der Waals surface area contributed by atoms with Crippen LogP contribution in [0.15, 0.2) is 0 Å². The van der Waals surface area contributed by atoms with E-state index in [4.69, 9.17) is 14.2 Å². The molecule has 0 aromatic carbocycles. The Kier molecular flexibility index (Phi) is 45.7. The van der Waals surface area contributed by atoms with E-state index in [1.807, 2.05) is 0 Å². The predicted octanol–water partition coefficient (Wildman–Crippen LogP) is 17.3. The first-order chi connectivity index (χ1) is 29.3. The molecule has 0 saturated carbocycles. The maximum Gasteiger partial charge on any atom is 0.306 e. The quantitative estimate of drug-likeness (QED) is 0.0345. The minimum absolute atomic E-state index is 0.0635. The van der Waals surface area contributed by atoms with Crippen molar-refractivity contribution in [2.75, 3.05) is 13.2 Å². The van der Waals surface area contributed by atoms with Crippen LogP contribution in [0.5, 0.6) is 0 Å². The van der Waals surface area contributed by atoms with Crippen LogP contribution in [0.2, 0.25) is 0 Å². The maximum absolute atomic E-state index is 12.8. The minimum atomic E-state index is -0.762. The molecule has 6 nitrogen and oxygen atoms in total. The van der Waals surface area contributed by atoms with Gasteiger partial charge in [-0.05, 0) is 31.1 Å². The van der Waals surface area contributed by atoms with E-state index in [0.717, 1.165) is 69.6 Å². The average Bonchev–Trinajstić information content (AvgIpc) is 3.23. The highest BCUT2D eigenvalue weighted by atomic mass is 16.6. The fraction of sp³-hybridized carbons (Fsp3) is 0.944. The summed E-state index contributed by atoms with van der Waals surface area (Å²) in [5, 5.41) is 0. The summed E-state index contributed by atoms with van der Waals surface area (Å²) >= 11 is 0. The van der Waals surface area contributed by atoms with Gasteiger partial charge in [0.25, 0.3) is 0 Å². The summed E-state index contributed by atoms with van der Waals surface area (Å²) in [6.45, 7) is 11.4. The predicted molar refractivity (Wildman–Crippen MR) is 256 cm³/mol. The van der Waals surface area contributed by atoms with E-state index >= 15 is 0 Å². The zero-order chi connectivity index (χ0) is 44.0. The molecule has 0 N–H and O–H groups in total. The molecule has 0 aliphatic rings. The first-order valence-electron chi connectivity index (χ1n) is 26.8. The Hall–Kier alpha value is -1.59.